The molecule has 4 N–H and O–H groups in total. The molecule has 2 unspecified atom stereocenters. The minimum absolute atomic E-state index is 0.0109. The molecule has 0 aromatic rings. The highest BCUT2D eigenvalue weighted by atomic mass is 32.3. The molecule has 0 radical (unpaired) electrons. The van der Waals surface area contributed by atoms with Gasteiger partial charge in [0, 0.05) is 13.0 Å². The summed E-state index contributed by atoms with van der Waals surface area (Å²) in [6.07, 6.45) is 1.77. The van der Waals surface area contributed by atoms with Crippen molar-refractivity contribution in [3.63, 3.8) is 0 Å². The standard InChI is InChI=1S/C12H19N5O7S/c13-7-15-4-3-9(5-15)23-17-6-8(1-2-10(17)11(14)18)16(12(17)19)24-25(20,21)22/h7-10,13H,1-6H2,(H2-,14,18,20,21,22)/p+1/t8-,9?,10+,17?/m1/s1. The molecule has 12 nitrogen and oxygen atoms in total. The molecule has 13 heteroatoms. The number of primary amides is 1. The van der Waals surface area contributed by atoms with Crippen LogP contribution in [0.3, 0.4) is 0 Å². The number of nitrogens with two attached hydrogens (primary N) is 1. The molecule has 25 heavy (non-hydrogen) atoms. The third-order valence-corrected chi connectivity index (χ3v) is 5.15. The first-order valence-corrected chi connectivity index (χ1v) is 9.13. The van der Waals surface area contributed by atoms with E-state index in [2.05, 4.69) is 4.28 Å². The summed E-state index contributed by atoms with van der Waals surface area (Å²) in [4.78, 5) is 32.4. The van der Waals surface area contributed by atoms with Crippen LogP contribution in [0.15, 0.2) is 0 Å². The molecule has 3 fully saturated rings. The number of urea groups is 1. The van der Waals surface area contributed by atoms with Crippen LogP contribution in [0.5, 0.6) is 0 Å². The van der Waals surface area contributed by atoms with E-state index in [9.17, 15) is 18.0 Å². The van der Waals surface area contributed by atoms with Crippen molar-refractivity contribution < 1.29 is 36.3 Å². The van der Waals surface area contributed by atoms with Crippen LogP contribution in [0.1, 0.15) is 19.3 Å². The highest BCUT2D eigenvalue weighted by molar-refractivity contribution is 7.80. The number of amides is 3. The van der Waals surface area contributed by atoms with Gasteiger partial charge in [-0.15, -0.1) is 9.35 Å². The van der Waals surface area contributed by atoms with E-state index < -0.39 is 45.2 Å². The van der Waals surface area contributed by atoms with Gasteiger partial charge in [-0.2, -0.15) is 13.3 Å². The Morgan fingerprint density at radius 1 is 1.40 bits per heavy atom. The van der Waals surface area contributed by atoms with Crippen molar-refractivity contribution >= 4 is 28.7 Å². The van der Waals surface area contributed by atoms with Crippen molar-refractivity contribution in [2.75, 3.05) is 19.6 Å². The number of fused-ring (bicyclic) bond motifs is 2. The highest BCUT2D eigenvalue weighted by Crippen LogP contribution is 2.39. The van der Waals surface area contributed by atoms with E-state index in [0.717, 1.165) is 6.34 Å². The monoisotopic (exact) mass is 378 g/mol. The van der Waals surface area contributed by atoms with Gasteiger partial charge in [0.25, 0.3) is 5.91 Å². The van der Waals surface area contributed by atoms with Gasteiger partial charge in [-0.25, -0.2) is 4.79 Å². The van der Waals surface area contributed by atoms with Crippen molar-refractivity contribution in [3.05, 3.63) is 0 Å². The highest BCUT2D eigenvalue weighted by Gasteiger charge is 2.66. The predicted octanol–water partition coefficient (Wildman–Crippen LogP) is -1.40. The summed E-state index contributed by atoms with van der Waals surface area (Å²) in [5.74, 6) is -0.734. The number of carbonyl (C=O) groups is 2. The maximum Gasteiger partial charge on any atom is 0.477 e. The summed E-state index contributed by atoms with van der Waals surface area (Å²) in [5.41, 5.74) is 5.44. The molecule has 3 aliphatic heterocycles. The first-order valence-electron chi connectivity index (χ1n) is 7.77. The first-order chi connectivity index (χ1) is 11.7. The number of carbonyl (C=O) groups excluding carboxylic acids is 2. The number of hydroxylamine groups is 5. The number of nitrogens with one attached hydrogen (secondary N) is 1. The van der Waals surface area contributed by atoms with Gasteiger partial charge in [0.1, 0.15) is 18.7 Å². The van der Waals surface area contributed by atoms with Crippen molar-refractivity contribution in [1.82, 2.24) is 9.96 Å². The lowest BCUT2D eigenvalue weighted by molar-refractivity contribution is -1.06. The van der Waals surface area contributed by atoms with Gasteiger partial charge < -0.3 is 10.6 Å². The van der Waals surface area contributed by atoms with Crippen LogP contribution >= 0.6 is 0 Å². The Morgan fingerprint density at radius 3 is 2.68 bits per heavy atom. The normalized spacial score (nSPS) is 35.2. The summed E-state index contributed by atoms with van der Waals surface area (Å²) in [5, 5.41) is 7.82. The van der Waals surface area contributed by atoms with Crippen molar-refractivity contribution in [2.45, 2.75) is 37.5 Å². The molecule has 2 bridgehead atoms. The number of piperidine rings is 1. The lowest BCUT2D eigenvalue weighted by atomic mass is 10.00. The molecule has 3 aliphatic rings. The average Bonchev–Trinajstić information content (AvgIpc) is 3.04. The number of nitrogens with zero attached hydrogens (tertiary/aromatic N) is 3. The zero-order valence-corrected chi connectivity index (χ0v) is 14.1. The predicted molar refractivity (Wildman–Crippen MR) is 80.8 cm³/mol. The number of likely N-dealkylation sites (tertiary alicyclic amines) is 1. The molecule has 0 aromatic heterocycles. The van der Waals surface area contributed by atoms with Crippen LogP contribution in [0.2, 0.25) is 0 Å². The Hall–Kier alpha value is -1.80. The fraction of sp³-hybridized carbons (Fsp3) is 0.750. The molecule has 0 spiro atoms. The topological polar surface area (TPSA) is 163 Å². The van der Waals surface area contributed by atoms with Gasteiger partial charge in [-0.3, -0.25) is 14.8 Å². The number of quaternary nitrogens is 1. The maximum absolute atomic E-state index is 12.8. The van der Waals surface area contributed by atoms with Gasteiger partial charge in [0.2, 0.25) is 6.04 Å². The zero-order valence-electron chi connectivity index (χ0n) is 13.3. The van der Waals surface area contributed by atoms with E-state index in [4.69, 9.17) is 20.5 Å². The minimum atomic E-state index is -4.90. The lowest BCUT2D eigenvalue weighted by Crippen LogP contribution is -2.64. The minimum Gasteiger partial charge on any atom is -0.364 e. The number of hydrogen-bond donors (Lipinski definition) is 3. The first kappa shape index (κ1) is 18.0. The molecule has 140 valence electrons. The van der Waals surface area contributed by atoms with Crippen LogP contribution in [0.25, 0.3) is 0 Å². The molecule has 0 aromatic carbocycles. The summed E-state index contributed by atoms with van der Waals surface area (Å²) >= 11 is 0. The lowest BCUT2D eigenvalue weighted by Gasteiger charge is -2.36. The summed E-state index contributed by atoms with van der Waals surface area (Å²) in [6, 6.07) is -2.53. The van der Waals surface area contributed by atoms with Gasteiger partial charge in [0.05, 0.1) is 12.9 Å². The van der Waals surface area contributed by atoms with Gasteiger partial charge in [-0.05, 0) is 12.8 Å². The smallest absolute Gasteiger partial charge is 0.364 e. The van der Waals surface area contributed by atoms with Crippen LogP contribution in [-0.2, 0) is 24.3 Å². The molecule has 3 rings (SSSR count). The van der Waals surface area contributed by atoms with E-state index in [-0.39, 0.29) is 19.4 Å². The summed E-state index contributed by atoms with van der Waals surface area (Å²) < 4.78 is 34.6. The molecule has 0 aliphatic carbocycles. The van der Waals surface area contributed by atoms with Crippen molar-refractivity contribution in [1.29, 1.82) is 5.41 Å². The van der Waals surface area contributed by atoms with Crippen molar-refractivity contribution in [3.8, 4) is 0 Å². The third kappa shape index (κ3) is 3.20. The summed E-state index contributed by atoms with van der Waals surface area (Å²) in [7, 11) is -4.90. The molecular formula is C12H20N5O7S+. The second-order valence-corrected chi connectivity index (χ2v) is 7.38. The van der Waals surface area contributed by atoms with E-state index in [1.807, 2.05) is 0 Å². The molecule has 4 atom stereocenters. The van der Waals surface area contributed by atoms with E-state index in [1.165, 1.54) is 0 Å². The fourth-order valence-corrected chi connectivity index (χ4v) is 4.13. The van der Waals surface area contributed by atoms with Crippen LogP contribution in [0, 0.1) is 5.41 Å². The van der Waals surface area contributed by atoms with Gasteiger partial charge >= 0.3 is 16.4 Å². The molecular weight excluding hydrogens is 358 g/mol. The van der Waals surface area contributed by atoms with Crippen LogP contribution in [0.4, 0.5) is 4.79 Å². The number of rotatable bonds is 6. The second-order valence-electron chi connectivity index (χ2n) is 6.38. The van der Waals surface area contributed by atoms with Crippen LogP contribution in [-0.4, -0.2) is 83.7 Å². The van der Waals surface area contributed by atoms with Gasteiger partial charge in [0.15, 0.2) is 0 Å². The Kier molecular flexibility index (Phi) is 4.45. The molecule has 3 heterocycles. The average molecular weight is 378 g/mol. The fourth-order valence-electron chi connectivity index (χ4n) is 3.74. The quantitative estimate of drug-likeness (QED) is 0.220. The van der Waals surface area contributed by atoms with E-state index in [0.29, 0.717) is 24.6 Å². The third-order valence-electron chi connectivity index (χ3n) is 4.80. The second kappa shape index (κ2) is 6.17. The summed E-state index contributed by atoms with van der Waals surface area (Å²) in [6.45, 7) is 0.924. The molecule has 0 saturated carbocycles. The van der Waals surface area contributed by atoms with Gasteiger partial charge in [-0.1, -0.05) is 4.65 Å². The van der Waals surface area contributed by atoms with Crippen molar-refractivity contribution in [2.24, 2.45) is 5.73 Å². The Labute approximate surface area is 144 Å². The molecule has 3 saturated heterocycles. The largest absolute Gasteiger partial charge is 0.477 e. The Balaban J connectivity index is 1.89. The van der Waals surface area contributed by atoms with E-state index in [1.54, 1.807) is 4.90 Å². The zero-order chi connectivity index (χ0) is 18.4. The Bertz CT molecular complexity index is 700. The number of hydrogen-bond acceptors (Lipinski definition) is 7. The van der Waals surface area contributed by atoms with E-state index >= 15 is 0 Å². The Morgan fingerprint density at radius 2 is 2.12 bits per heavy atom. The van der Waals surface area contributed by atoms with Crippen LogP contribution < -0.4 is 5.73 Å². The SMILES string of the molecule is N=CN1CCC(O[N+]23C[C@@H](CC[C@H]2C(N)=O)N(OS(=O)(=O)O)C3=O)C1. The maximum atomic E-state index is 12.8. The molecule has 3 amide bonds.